The lowest BCUT2D eigenvalue weighted by atomic mass is 10.2. The molecule has 6 heteroatoms. The SMILES string of the molecule is CCOc1ccccc1C(=O)NCC(=O)NCc1ccc(CC)s1. The molecule has 2 rings (SSSR count). The average Bonchev–Trinajstić information content (AvgIpc) is 3.07. The van der Waals surface area contributed by atoms with Crippen LogP contribution in [0.25, 0.3) is 0 Å². The van der Waals surface area contributed by atoms with Gasteiger partial charge in [-0.05, 0) is 37.6 Å². The zero-order chi connectivity index (χ0) is 17.4. The van der Waals surface area contributed by atoms with E-state index >= 15 is 0 Å². The van der Waals surface area contributed by atoms with Crippen molar-refractivity contribution in [1.29, 1.82) is 0 Å². The molecule has 0 aliphatic carbocycles. The molecule has 0 aliphatic heterocycles. The van der Waals surface area contributed by atoms with Gasteiger partial charge in [-0.1, -0.05) is 19.1 Å². The first-order chi connectivity index (χ1) is 11.6. The maximum absolute atomic E-state index is 12.2. The summed E-state index contributed by atoms with van der Waals surface area (Å²) in [5.41, 5.74) is 0.429. The minimum atomic E-state index is -0.321. The van der Waals surface area contributed by atoms with Gasteiger partial charge in [0.1, 0.15) is 5.75 Å². The van der Waals surface area contributed by atoms with Gasteiger partial charge in [-0.2, -0.15) is 0 Å². The third-order valence-electron chi connectivity index (χ3n) is 3.37. The molecule has 0 spiro atoms. The van der Waals surface area contributed by atoms with Gasteiger partial charge in [0, 0.05) is 9.75 Å². The number of rotatable bonds is 8. The molecule has 2 N–H and O–H groups in total. The van der Waals surface area contributed by atoms with E-state index in [1.807, 2.05) is 13.0 Å². The van der Waals surface area contributed by atoms with Crippen LogP contribution in [-0.4, -0.2) is 25.0 Å². The molecule has 2 amide bonds. The van der Waals surface area contributed by atoms with E-state index in [0.717, 1.165) is 11.3 Å². The highest BCUT2D eigenvalue weighted by molar-refractivity contribution is 7.11. The maximum atomic E-state index is 12.2. The second-order valence-electron chi connectivity index (χ2n) is 5.11. The number of hydrogen-bond donors (Lipinski definition) is 2. The average molecular weight is 346 g/mol. The summed E-state index contributed by atoms with van der Waals surface area (Å²) in [4.78, 5) is 26.5. The predicted octanol–water partition coefficient (Wildman–Crippen LogP) is 2.76. The van der Waals surface area contributed by atoms with Gasteiger partial charge in [-0.15, -0.1) is 11.3 Å². The molecule has 24 heavy (non-hydrogen) atoms. The van der Waals surface area contributed by atoms with Crippen molar-refractivity contribution in [3.8, 4) is 5.75 Å². The summed E-state index contributed by atoms with van der Waals surface area (Å²) in [5, 5.41) is 5.43. The molecule has 0 saturated carbocycles. The van der Waals surface area contributed by atoms with Crippen molar-refractivity contribution in [3.05, 3.63) is 51.7 Å². The summed E-state index contributed by atoms with van der Waals surface area (Å²) >= 11 is 1.68. The third kappa shape index (κ3) is 5.09. The molecule has 0 fully saturated rings. The highest BCUT2D eigenvalue weighted by Gasteiger charge is 2.13. The molecule has 1 aromatic heterocycles. The van der Waals surface area contributed by atoms with E-state index in [-0.39, 0.29) is 18.4 Å². The Kier molecular flexibility index (Phi) is 6.81. The fourth-order valence-corrected chi connectivity index (χ4v) is 3.04. The van der Waals surface area contributed by atoms with E-state index in [2.05, 4.69) is 23.6 Å². The summed E-state index contributed by atoms with van der Waals surface area (Å²) in [6.45, 7) is 4.85. The highest BCUT2D eigenvalue weighted by atomic mass is 32.1. The first-order valence-corrected chi connectivity index (χ1v) is 8.80. The van der Waals surface area contributed by atoms with E-state index in [1.54, 1.807) is 35.6 Å². The number of carbonyl (C=O) groups is 2. The number of aryl methyl sites for hydroxylation is 1. The van der Waals surface area contributed by atoms with Gasteiger partial charge in [0.25, 0.3) is 5.91 Å². The van der Waals surface area contributed by atoms with Crippen LogP contribution in [-0.2, 0) is 17.8 Å². The van der Waals surface area contributed by atoms with Crippen molar-refractivity contribution in [2.45, 2.75) is 26.8 Å². The molecule has 0 atom stereocenters. The molecule has 128 valence electrons. The summed E-state index contributed by atoms with van der Waals surface area (Å²) in [5.74, 6) is -0.0223. The van der Waals surface area contributed by atoms with Crippen LogP contribution < -0.4 is 15.4 Å². The van der Waals surface area contributed by atoms with Crippen LogP contribution >= 0.6 is 11.3 Å². The molecule has 0 bridgehead atoms. The van der Waals surface area contributed by atoms with Gasteiger partial charge >= 0.3 is 0 Å². The molecule has 0 aliphatic rings. The van der Waals surface area contributed by atoms with Crippen molar-refractivity contribution < 1.29 is 14.3 Å². The third-order valence-corrected chi connectivity index (χ3v) is 4.60. The van der Waals surface area contributed by atoms with Crippen LogP contribution in [0, 0.1) is 0 Å². The fourth-order valence-electron chi connectivity index (χ4n) is 2.15. The summed E-state index contributed by atoms with van der Waals surface area (Å²) in [7, 11) is 0. The lowest BCUT2D eigenvalue weighted by molar-refractivity contribution is -0.120. The van der Waals surface area contributed by atoms with Crippen LogP contribution in [0.1, 0.15) is 34.0 Å². The van der Waals surface area contributed by atoms with Gasteiger partial charge in [-0.3, -0.25) is 9.59 Å². The quantitative estimate of drug-likeness (QED) is 0.772. The van der Waals surface area contributed by atoms with E-state index in [4.69, 9.17) is 4.74 Å². The van der Waals surface area contributed by atoms with Gasteiger partial charge in [-0.25, -0.2) is 0 Å². The molecular weight excluding hydrogens is 324 g/mol. The number of para-hydroxylation sites is 1. The Labute approximate surface area is 146 Å². The molecule has 2 aromatic rings. The van der Waals surface area contributed by atoms with Crippen LogP contribution in [0.2, 0.25) is 0 Å². The normalized spacial score (nSPS) is 10.2. The summed E-state index contributed by atoms with van der Waals surface area (Å²) in [6, 6.07) is 11.1. The number of ether oxygens (including phenoxy) is 1. The fraction of sp³-hybridized carbons (Fsp3) is 0.333. The number of carbonyl (C=O) groups excluding carboxylic acids is 2. The highest BCUT2D eigenvalue weighted by Crippen LogP contribution is 2.18. The van der Waals surface area contributed by atoms with Crippen molar-refractivity contribution in [2.24, 2.45) is 0 Å². The van der Waals surface area contributed by atoms with Crippen LogP contribution in [0.15, 0.2) is 36.4 Å². The van der Waals surface area contributed by atoms with E-state index < -0.39 is 0 Å². The van der Waals surface area contributed by atoms with Gasteiger partial charge in [0.15, 0.2) is 0 Å². The number of hydrogen-bond acceptors (Lipinski definition) is 4. The van der Waals surface area contributed by atoms with E-state index in [0.29, 0.717) is 24.5 Å². The van der Waals surface area contributed by atoms with Gasteiger partial charge in [0.2, 0.25) is 5.91 Å². The largest absolute Gasteiger partial charge is 0.493 e. The number of benzene rings is 1. The maximum Gasteiger partial charge on any atom is 0.255 e. The predicted molar refractivity (Wildman–Crippen MR) is 95.5 cm³/mol. The van der Waals surface area contributed by atoms with Gasteiger partial charge in [0.05, 0.1) is 25.3 Å². The zero-order valence-electron chi connectivity index (χ0n) is 13.9. The topological polar surface area (TPSA) is 67.4 Å². The molecule has 0 saturated heterocycles. The Morgan fingerprint density at radius 1 is 1.04 bits per heavy atom. The lowest BCUT2D eigenvalue weighted by Crippen LogP contribution is -2.36. The molecular formula is C18H22N2O3S. The first kappa shape index (κ1) is 18.0. The van der Waals surface area contributed by atoms with Crippen LogP contribution in [0.5, 0.6) is 5.75 Å². The Bertz CT molecular complexity index is 697. The standard InChI is InChI=1S/C18H22N2O3S/c1-3-13-9-10-14(24-13)11-19-17(21)12-20-18(22)15-7-5-6-8-16(15)23-4-2/h5-10H,3-4,11-12H2,1-2H3,(H,19,21)(H,20,22). The van der Waals surface area contributed by atoms with E-state index in [9.17, 15) is 9.59 Å². The van der Waals surface area contributed by atoms with Crippen molar-refractivity contribution >= 4 is 23.2 Å². The Morgan fingerprint density at radius 2 is 1.79 bits per heavy atom. The lowest BCUT2D eigenvalue weighted by Gasteiger charge is -2.10. The first-order valence-electron chi connectivity index (χ1n) is 7.98. The summed E-state index contributed by atoms with van der Waals surface area (Å²) in [6.07, 6.45) is 0.994. The number of thiophene rings is 1. The van der Waals surface area contributed by atoms with E-state index in [1.165, 1.54) is 4.88 Å². The van der Waals surface area contributed by atoms with Crippen molar-refractivity contribution in [1.82, 2.24) is 10.6 Å². The van der Waals surface area contributed by atoms with Crippen molar-refractivity contribution in [2.75, 3.05) is 13.2 Å². The zero-order valence-corrected chi connectivity index (χ0v) is 14.7. The number of amides is 2. The molecule has 0 radical (unpaired) electrons. The monoisotopic (exact) mass is 346 g/mol. The molecule has 1 heterocycles. The van der Waals surface area contributed by atoms with Crippen molar-refractivity contribution in [3.63, 3.8) is 0 Å². The second-order valence-corrected chi connectivity index (χ2v) is 6.36. The van der Waals surface area contributed by atoms with Gasteiger partial charge < -0.3 is 15.4 Å². The summed E-state index contributed by atoms with van der Waals surface area (Å²) < 4.78 is 5.42. The Balaban J connectivity index is 1.82. The Morgan fingerprint density at radius 3 is 2.50 bits per heavy atom. The molecule has 5 nitrogen and oxygen atoms in total. The minimum Gasteiger partial charge on any atom is -0.493 e. The van der Waals surface area contributed by atoms with Crippen LogP contribution in [0.3, 0.4) is 0 Å². The van der Waals surface area contributed by atoms with Crippen LogP contribution in [0.4, 0.5) is 0 Å². The number of nitrogens with one attached hydrogen (secondary N) is 2. The molecule has 0 unspecified atom stereocenters. The Hall–Kier alpha value is -2.34. The minimum absolute atomic E-state index is 0.0642. The second kappa shape index (κ2) is 9.08. The smallest absolute Gasteiger partial charge is 0.255 e. The molecule has 1 aromatic carbocycles.